The average Bonchev–Trinajstić information content (AvgIpc) is 2.90. The van der Waals surface area contributed by atoms with E-state index in [0.29, 0.717) is 28.8 Å². The average molecular weight is 307 g/mol. The second-order valence-corrected chi connectivity index (χ2v) is 5.26. The molecule has 1 aromatic heterocycles. The fraction of sp³-hybridized carbons (Fsp3) is 0.250. The number of fused-ring (bicyclic) bond motifs is 1. The summed E-state index contributed by atoms with van der Waals surface area (Å²) in [5.74, 6) is 0.0764. The zero-order chi connectivity index (χ0) is 14.8. The Morgan fingerprint density at radius 2 is 2.38 bits per heavy atom. The first-order valence-electron chi connectivity index (χ1n) is 6.02. The molecule has 0 saturated heterocycles. The number of benzene rings is 1. The first kappa shape index (κ1) is 13.7. The quantitative estimate of drug-likeness (QED) is 0.750. The Bertz CT molecular complexity index is 688. The molecule has 21 heavy (non-hydrogen) atoms. The van der Waals surface area contributed by atoms with Crippen LogP contribution in [0.2, 0.25) is 0 Å². The molecule has 8 nitrogen and oxygen atoms in total. The van der Waals surface area contributed by atoms with Gasteiger partial charge in [0, 0.05) is 16.9 Å². The second kappa shape index (κ2) is 5.62. The number of nitrogens with two attached hydrogens (primary N) is 1. The summed E-state index contributed by atoms with van der Waals surface area (Å²) in [7, 11) is 0. The number of aromatic carboxylic acids is 1. The van der Waals surface area contributed by atoms with Crippen LogP contribution in [0.1, 0.15) is 21.5 Å². The molecule has 0 spiro atoms. The third-order valence-electron chi connectivity index (χ3n) is 2.86. The normalized spacial score (nSPS) is 13.5. The van der Waals surface area contributed by atoms with E-state index in [1.165, 1.54) is 23.9 Å². The van der Waals surface area contributed by atoms with Gasteiger partial charge in [0.25, 0.3) is 0 Å². The number of H-pyrrole nitrogens is 1. The fourth-order valence-electron chi connectivity index (χ4n) is 1.99. The first-order chi connectivity index (χ1) is 10.1. The van der Waals surface area contributed by atoms with Crippen molar-refractivity contribution in [2.24, 2.45) is 0 Å². The van der Waals surface area contributed by atoms with Gasteiger partial charge in [-0.05, 0) is 17.7 Å². The molecular formula is C12H11N4O4S-. The van der Waals surface area contributed by atoms with Gasteiger partial charge < -0.3 is 25.1 Å². The Labute approximate surface area is 123 Å². The van der Waals surface area contributed by atoms with E-state index in [9.17, 15) is 9.90 Å². The molecule has 0 radical (unpaired) electrons. The Hall–Kier alpha value is -2.26. The molecule has 0 atom stereocenters. The highest BCUT2D eigenvalue weighted by molar-refractivity contribution is 7.98. The van der Waals surface area contributed by atoms with Crippen LogP contribution in [0.3, 0.4) is 0 Å². The molecule has 1 aliphatic heterocycles. The molecule has 0 unspecified atom stereocenters. The molecular weight excluding hydrogens is 296 g/mol. The van der Waals surface area contributed by atoms with Crippen molar-refractivity contribution in [1.29, 1.82) is 0 Å². The standard InChI is InChI=1S/C12H12N4O4S/c13-11-14-12(16-15-11)21-4-8-2-6(10(17)18)1-7-3-19-5-20-9(7)8/h1-2H,3-5H2,(H,17,18)(H3,13,14,15,16)/p-1. The maximum Gasteiger partial charge on any atom is 0.216 e. The van der Waals surface area contributed by atoms with Gasteiger partial charge in [0.05, 0.1) is 12.6 Å². The molecule has 0 fully saturated rings. The van der Waals surface area contributed by atoms with Gasteiger partial charge >= 0.3 is 0 Å². The highest BCUT2D eigenvalue weighted by atomic mass is 32.2. The lowest BCUT2D eigenvalue weighted by atomic mass is 10.0. The third-order valence-corrected chi connectivity index (χ3v) is 3.76. The van der Waals surface area contributed by atoms with Crippen molar-refractivity contribution in [3.8, 4) is 5.75 Å². The summed E-state index contributed by atoms with van der Waals surface area (Å²) in [4.78, 5) is 15.0. The number of nitrogens with zero attached hydrogens (tertiary/aromatic N) is 2. The number of thioether (sulfide) groups is 1. The van der Waals surface area contributed by atoms with E-state index in [1.54, 1.807) is 0 Å². The molecule has 3 rings (SSSR count). The summed E-state index contributed by atoms with van der Waals surface area (Å²) in [6.45, 7) is 0.449. The van der Waals surface area contributed by atoms with Crippen molar-refractivity contribution in [2.45, 2.75) is 17.5 Å². The molecule has 1 aliphatic rings. The Kier molecular flexibility index (Phi) is 3.67. The lowest BCUT2D eigenvalue weighted by Gasteiger charge is -2.22. The fourth-order valence-corrected chi connectivity index (χ4v) is 2.76. The van der Waals surface area contributed by atoms with Crippen LogP contribution in [-0.4, -0.2) is 27.9 Å². The van der Waals surface area contributed by atoms with E-state index >= 15 is 0 Å². The predicted octanol–water partition coefficient (Wildman–Crippen LogP) is -0.0908. The highest BCUT2D eigenvalue weighted by Crippen LogP contribution is 2.33. The van der Waals surface area contributed by atoms with E-state index in [0.717, 1.165) is 5.56 Å². The number of carboxylic acid groups (broad SMARTS) is 1. The number of hydrogen-bond donors (Lipinski definition) is 2. The van der Waals surface area contributed by atoms with Gasteiger partial charge in [-0.15, -0.1) is 5.10 Å². The van der Waals surface area contributed by atoms with Gasteiger partial charge in [0.1, 0.15) is 5.75 Å². The second-order valence-electron chi connectivity index (χ2n) is 4.31. The summed E-state index contributed by atoms with van der Waals surface area (Å²) in [5.41, 5.74) is 6.96. The van der Waals surface area contributed by atoms with Gasteiger partial charge in [-0.25, -0.2) is 5.10 Å². The van der Waals surface area contributed by atoms with Crippen molar-refractivity contribution >= 4 is 23.7 Å². The molecule has 3 N–H and O–H groups in total. The number of carboxylic acids is 1. The topological polar surface area (TPSA) is 126 Å². The zero-order valence-electron chi connectivity index (χ0n) is 10.8. The van der Waals surface area contributed by atoms with Gasteiger partial charge in [-0.2, -0.15) is 4.98 Å². The van der Waals surface area contributed by atoms with Crippen LogP contribution in [0.5, 0.6) is 5.75 Å². The smallest absolute Gasteiger partial charge is 0.216 e. The molecule has 2 heterocycles. The number of nitrogens with one attached hydrogen (secondary N) is 1. The van der Waals surface area contributed by atoms with Crippen molar-refractivity contribution < 1.29 is 19.4 Å². The van der Waals surface area contributed by atoms with Gasteiger partial charge in [0.15, 0.2) is 6.79 Å². The Morgan fingerprint density at radius 3 is 3.10 bits per heavy atom. The van der Waals surface area contributed by atoms with Crippen LogP contribution >= 0.6 is 11.8 Å². The minimum atomic E-state index is -1.24. The van der Waals surface area contributed by atoms with E-state index in [-0.39, 0.29) is 18.3 Å². The summed E-state index contributed by atoms with van der Waals surface area (Å²) >= 11 is 1.32. The van der Waals surface area contributed by atoms with Crippen LogP contribution in [-0.2, 0) is 17.1 Å². The molecule has 9 heteroatoms. The van der Waals surface area contributed by atoms with Crippen LogP contribution in [0.15, 0.2) is 17.3 Å². The molecule has 110 valence electrons. The largest absolute Gasteiger partial charge is 0.545 e. The minimum absolute atomic E-state index is 0.0907. The summed E-state index contributed by atoms with van der Waals surface area (Å²) in [6, 6.07) is 3.03. The van der Waals surface area contributed by atoms with Gasteiger partial charge in [-0.1, -0.05) is 11.8 Å². The van der Waals surface area contributed by atoms with E-state index in [1.807, 2.05) is 0 Å². The Morgan fingerprint density at radius 1 is 1.52 bits per heavy atom. The number of carbonyl (C=O) groups excluding carboxylic acids is 1. The number of nitrogen functional groups attached to an aromatic ring is 1. The van der Waals surface area contributed by atoms with Crippen LogP contribution in [0.4, 0.5) is 5.95 Å². The van der Waals surface area contributed by atoms with Gasteiger partial charge in [-0.3, -0.25) is 0 Å². The molecule has 0 bridgehead atoms. The van der Waals surface area contributed by atoms with Crippen LogP contribution in [0, 0.1) is 0 Å². The molecule has 2 aromatic rings. The molecule has 0 aliphatic carbocycles. The van der Waals surface area contributed by atoms with E-state index in [2.05, 4.69) is 15.2 Å². The number of aromatic amines is 1. The SMILES string of the molecule is Nc1nc(SCc2cc(C(=O)[O-])cc3c2OCOC3)n[nH]1. The van der Waals surface area contributed by atoms with Gasteiger partial charge in [0.2, 0.25) is 11.1 Å². The minimum Gasteiger partial charge on any atom is -0.545 e. The number of hydrogen-bond acceptors (Lipinski definition) is 8. The maximum atomic E-state index is 11.1. The predicted molar refractivity (Wildman–Crippen MR) is 71.4 cm³/mol. The number of carbonyl (C=O) groups is 1. The Balaban J connectivity index is 1.88. The summed E-state index contributed by atoms with van der Waals surface area (Å²) in [5, 5.41) is 18.0. The van der Waals surface area contributed by atoms with Crippen molar-refractivity contribution in [2.75, 3.05) is 12.5 Å². The number of rotatable bonds is 4. The van der Waals surface area contributed by atoms with E-state index < -0.39 is 5.97 Å². The summed E-state index contributed by atoms with van der Waals surface area (Å²) in [6.07, 6.45) is 0. The number of aromatic nitrogens is 3. The van der Waals surface area contributed by atoms with Crippen molar-refractivity contribution in [1.82, 2.24) is 15.2 Å². The third kappa shape index (κ3) is 2.93. The number of anilines is 1. The van der Waals surface area contributed by atoms with Crippen LogP contribution in [0.25, 0.3) is 0 Å². The number of ether oxygens (including phenoxy) is 2. The summed E-state index contributed by atoms with van der Waals surface area (Å²) < 4.78 is 10.6. The lowest BCUT2D eigenvalue weighted by Crippen LogP contribution is -2.23. The van der Waals surface area contributed by atoms with Crippen LogP contribution < -0.4 is 15.6 Å². The van der Waals surface area contributed by atoms with Crippen molar-refractivity contribution in [3.63, 3.8) is 0 Å². The monoisotopic (exact) mass is 307 g/mol. The maximum absolute atomic E-state index is 11.1. The highest BCUT2D eigenvalue weighted by Gasteiger charge is 2.17. The molecule has 1 aromatic carbocycles. The molecule has 0 amide bonds. The zero-order valence-corrected chi connectivity index (χ0v) is 11.6. The van der Waals surface area contributed by atoms with E-state index in [4.69, 9.17) is 15.2 Å². The lowest BCUT2D eigenvalue weighted by molar-refractivity contribution is -0.255. The van der Waals surface area contributed by atoms with Crippen molar-refractivity contribution in [3.05, 3.63) is 28.8 Å². The molecule has 0 saturated carbocycles. The first-order valence-corrected chi connectivity index (χ1v) is 7.00.